The highest BCUT2D eigenvalue weighted by Gasteiger charge is 2.39. The van der Waals surface area contributed by atoms with Crippen LogP contribution in [0, 0.1) is 0 Å². The van der Waals surface area contributed by atoms with Gasteiger partial charge in [-0.15, -0.1) is 51.6 Å². The Labute approximate surface area is 156 Å². The molecule has 0 aromatic heterocycles. The van der Waals surface area contributed by atoms with E-state index < -0.39 is 46.6 Å². The quantitative estimate of drug-likeness (QED) is 0.248. The summed E-state index contributed by atoms with van der Waals surface area (Å²) in [5, 5.41) is 0. The predicted octanol–water partition coefficient (Wildman–Crippen LogP) is 12.4. The molecule has 2 atom stereocenters. The lowest BCUT2D eigenvalue weighted by Crippen LogP contribution is -1.83. The molecule has 0 radical (unpaired) electrons. The monoisotopic (exact) mass is 552 g/mol. The fraction of sp³-hybridized carbons (Fsp3) is 1.00. The van der Waals surface area contributed by atoms with E-state index in [-0.39, 0.29) is 21.5 Å². The van der Waals surface area contributed by atoms with Crippen molar-refractivity contribution in [3.05, 3.63) is 0 Å². The first-order valence-electron chi connectivity index (χ1n) is 5.72. The van der Waals surface area contributed by atoms with Gasteiger partial charge in [0.25, 0.3) is 0 Å². The minimum atomic E-state index is -5.60. The van der Waals surface area contributed by atoms with Crippen LogP contribution in [0.1, 0.15) is 21.8 Å². The van der Waals surface area contributed by atoms with Crippen LogP contribution < -0.4 is 0 Å². The van der Waals surface area contributed by atoms with Gasteiger partial charge in [0.1, 0.15) is 0 Å². The number of rotatable bonds is 2. The van der Waals surface area contributed by atoms with Crippen molar-refractivity contribution in [1.82, 2.24) is 0 Å². The molecule has 0 N–H and O–H groups in total. The Morgan fingerprint density at radius 2 is 0.929 bits per heavy atom. The molecule has 0 aliphatic carbocycles. The van der Waals surface area contributed by atoms with E-state index in [1.807, 2.05) is 9.03 Å². The van der Waals surface area contributed by atoms with Gasteiger partial charge in [-0.1, -0.05) is 14.9 Å². The number of halogens is 10. The zero-order valence-corrected chi connectivity index (χ0v) is 17.6. The highest BCUT2D eigenvalue weighted by atomic mass is 31.3. The van der Waals surface area contributed by atoms with Crippen LogP contribution in [0.3, 0.4) is 0 Å². The Kier molecular flexibility index (Phi) is 10.8. The van der Waals surface area contributed by atoms with Gasteiger partial charge >= 0.3 is 39.0 Å². The number of hydrogen-bond acceptors (Lipinski definition) is 7. The Balaban J connectivity index is 0. The maximum Gasteiger partial charge on any atom is 0.425 e. The largest absolute Gasteiger partial charge is 0.425 e. The van der Waals surface area contributed by atoms with Crippen molar-refractivity contribution < 1.29 is 46.5 Å². The average Bonchev–Trinajstić information content (AvgIpc) is 2.15. The molecule has 2 unspecified atom stereocenters. The zero-order valence-electron chi connectivity index (χ0n) is 12.3. The molecule has 2 rings (SSSR count). The minimum absolute atomic E-state index is 0. The Morgan fingerprint density at radius 3 is 1.25 bits per heavy atom. The summed E-state index contributed by atoms with van der Waals surface area (Å²) < 4.78 is 142. The van der Waals surface area contributed by atoms with Gasteiger partial charge in [-0.2, -0.15) is 17.4 Å². The maximum atomic E-state index is 13.2. The number of hydrogen-bond donors (Lipinski definition) is 0. The third kappa shape index (κ3) is 10.6. The van der Waals surface area contributed by atoms with Gasteiger partial charge in [0.15, 0.2) is 0 Å². The van der Waals surface area contributed by atoms with Crippen LogP contribution in [0.5, 0.6) is 0 Å². The van der Waals surface area contributed by atoms with Crippen molar-refractivity contribution in [2.45, 2.75) is 21.8 Å². The lowest BCUT2D eigenvalue weighted by molar-refractivity contribution is 0.347. The molecule has 2 aliphatic heterocycles. The first-order chi connectivity index (χ1) is 11.3. The minimum Gasteiger partial charge on any atom is -0.303 e. The van der Waals surface area contributed by atoms with Gasteiger partial charge in [-0.3, -0.25) is 0 Å². The van der Waals surface area contributed by atoms with Crippen molar-refractivity contribution in [3.63, 3.8) is 0 Å². The molecule has 7 nitrogen and oxygen atoms in total. The van der Waals surface area contributed by atoms with Gasteiger partial charge in [0, 0.05) is 6.66 Å². The van der Waals surface area contributed by atoms with Gasteiger partial charge in [-0.05, 0) is 6.92 Å². The van der Waals surface area contributed by atoms with Crippen LogP contribution in [0.2, 0.25) is 0 Å². The Bertz CT molecular complexity index is 819. The van der Waals surface area contributed by atoms with Crippen LogP contribution in [0.4, 0.5) is 42.0 Å². The lowest BCUT2D eigenvalue weighted by Gasteiger charge is -2.15. The van der Waals surface area contributed by atoms with Crippen molar-refractivity contribution in [2.75, 3.05) is 13.3 Å². The molecule has 0 bridgehead atoms. The third-order valence-electron chi connectivity index (χ3n) is 1.70. The van der Waals surface area contributed by atoms with Gasteiger partial charge in [0.05, 0.1) is 6.61 Å². The fourth-order valence-electron chi connectivity index (χ4n) is 1.24. The fourth-order valence-corrected chi connectivity index (χ4v) is 12.1. The summed E-state index contributed by atoms with van der Waals surface area (Å²) in [6, 6.07) is 0. The van der Waals surface area contributed by atoms with Crippen molar-refractivity contribution in [3.8, 4) is 0 Å². The summed E-state index contributed by atoms with van der Waals surface area (Å²) in [5.74, 6) is 0. The first kappa shape index (κ1) is 30.8. The van der Waals surface area contributed by atoms with Crippen molar-refractivity contribution >= 4 is 46.6 Å². The summed E-state index contributed by atoms with van der Waals surface area (Å²) in [4.78, 5) is 0. The SMILES string of the molecule is C.C.CCOP1(F)=NP(F)(F)=NP(F)(F)=N1.CP1(F)=NP(F)(F)=NP(F)(F)=N1. The summed E-state index contributed by atoms with van der Waals surface area (Å²) in [6.45, 7) is 1.48. The van der Waals surface area contributed by atoms with E-state index in [4.69, 9.17) is 0 Å². The molecule has 2 aliphatic rings. The molecule has 0 saturated carbocycles. The van der Waals surface area contributed by atoms with Crippen molar-refractivity contribution in [1.29, 1.82) is 0 Å². The summed E-state index contributed by atoms with van der Waals surface area (Å²) >= 11 is 0. The molecule has 0 aromatic rings. The standard InChI is InChI=1S/C2H5F5N3OP3.CH3F5N3P3.2CH4/c1-2-11-14(7)9-12(3,4)8-13(5,6)10-14;1-10(2)7-11(3,4)9-12(5,6)8-10;;/h2H2,1H3;1H3;2*1H4. The molecule has 172 valence electrons. The molecule has 23 heteroatoms. The lowest BCUT2D eigenvalue weighted by atomic mass is 10.9. The van der Waals surface area contributed by atoms with E-state index in [9.17, 15) is 42.0 Å². The smallest absolute Gasteiger partial charge is 0.303 e. The van der Waals surface area contributed by atoms with E-state index in [0.29, 0.717) is 6.66 Å². The zero-order chi connectivity index (χ0) is 20.7. The summed E-state index contributed by atoms with van der Waals surface area (Å²) in [6.07, 6.45) is 0. The van der Waals surface area contributed by atoms with Gasteiger partial charge in [-0.25, -0.2) is 0 Å². The summed E-state index contributed by atoms with van der Waals surface area (Å²) in [7, 11) is -31.3. The van der Waals surface area contributed by atoms with Crippen LogP contribution in [-0.2, 0) is 4.52 Å². The highest BCUT2D eigenvalue weighted by molar-refractivity contribution is 7.79. The molecular weight excluding hydrogens is 536 g/mol. The van der Waals surface area contributed by atoms with E-state index >= 15 is 0 Å². The van der Waals surface area contributed by atoms with E-state index in [1.54, 1.807) is 0 Å². The number of nitrogens with zero attached hydrogens (tertiary/aromatic N) is 6. The second kappa shape index (κ2) is 9.84. The Hall–Kier alpha value is 0.640. The van der Waals surface area contributed by atoms with Crippen LogP contribution in [0.25, 0.3) is 0 Å². The molecule has 0 spiro atoms. The summed E-state index contributed by atoms with van der Waals surface area (Å²) in [5.41, 5.74) is 0. The second-order valence-electron chi connectivity index (χ2n) is 4.06. The molecular formula is C5H16F10N6OP6. The molecule has 28 heavy (non-hydrogen) atoms. The molecule has 0 aromatic carbocycles. The van der Waals surface area contributed by atoms with E-state index in [0.717, 1.165) is 0 Å². The van der Waals surface area contributed by atoms with Crippen LogP contribution >= 0.6 is 46.6 Å². The van der Waals surface area contributed by atoms with Crippen LogP contribution in [-0.4, -0.2) is 13.3 Å². The molecule has 0 saturated heterocycles. The molecule has 0 amide bonds. The third-order valence-corrected chi connectivity index (χ3v) is 13.6. The van der Waals surface area contributed by atoms with Crippen molar-refractivity contribution in [2.24, 2.45) is 27.1 Å². The van der Waals surface area contributed by atoms with Gasteiger partial charge < -0.3 is 4.52 Å². The Morgan fingerprint density at radius 1 is 0.571 bits per heavy atom. The van der Waals surface area contributed by atoms with E-state index in [1.165, 1.54) is 6.92 Å². The average molecular weight is 552 g/mol. The topological polar surface area (TPSA) is 83.4 Å². The predicted molar refractivity (Wildman–Crippen MR) is 98.2 cm³/mol. The molecule has 0 fully saturated rings. The molecule has 2 heterocycles. The highest BCUT2D eigenvalue weighted by Crippen LogP contribution is 2.82. The second-order valence-corrected chi connectivity index (χ2v) is 14.8. The van der Waals surface area contributed by atoms with Crippen LogP contribution in [0.15, 0.2) is 27.1 Å². The first-order valence-corrected chi connectivity index (χ1v) is 15.2. The van der Waals surface area contributed by atoms with Gasteiger partial charge in [0.2, 0.25) is 7.52 Å². The maximum absolute atomic E-state index is 13.2. The van der Waals surface area contributed by atoms with E-state index in [2.05, 4.69) is 22.6 Å². The normalized spacial score (nSPS) is 33.0.